The lowest BCUT2D eigenvalue weighted by Gasteiger charge is -2.37. The number of alkyl halides is 1. The summed E-state index contributed by atoms with van der Waals surface area (Å²) < 4.78 is 4.67. The Morgan fingerprint density at radius 1 is 1.07 bits per heavy atom. The van der Waals surface area contributed by atoms with E-state index in [-0.39, 0.29) is 34.4 Å². The van der Waals surface area contributed by atoms with Gasteiger partial charge in [0, 0.05) is 41.9 Å². The van der Waals surface area contributed by atoms with Gasteiger partial charge in [0.05, 0.1) is 42.4 Å². The number of amides is 3. The van der Waals surface area contributed by atoms with Gasteiger partial charge in [-0.25, -0.2) is 0 Å². The molecule has 2 aromatic carbocycles. The normalized spacial score (nSPS) is 31.1. The van der Waals surface area contributed by atoms with Crippen LogP contribution in [-0.4, -0.2) is 106 Å². The molecule has 6 rings (SSSR count). The average molecular weight is 658 g/mol. The Bertz CT molecular complexity index is 1280. The minimum absolute atomic E-state index is 0.0247. The molecule has 4 heterocycles. The van der Waals surface area contributed by atoms with Gasteiger partial charge in [0.2, 0.25) is 17.7 Å². The molecule has 11 heteroatoms. The first-order valence-electron chi connectivity index (χ1n) is 14.7. The number of nitrogens with one attached hydrogen (secondary N) is 2. The Balaban J connectivity index is 1.30. The highest BCUT2D eigenvalue weighted by Gasteiger charge is 2.76. The van der Waals surface area contributed by atoms with Crippen LogP contribution in [0.25, 0.3) is 0 Å². The van der Waals surface area contributed by atoms with Crippen LogP contribution in [0.1, 0.15) is 12.0 Å². The van der Waals surface area contributed by atoms with Gasteiger partial charge in [-0.15, -0.1) is 11.8 Å². The number of likely N-dealkylation sites (tertiary alicyclic amines) is 1. The highest BCUT2D eigenvalue weighted by molar-refractivity contribution is 9.09. The number of benzene rings is 2. The average Bonchev–Trinajstić information content (AvgIpc) is 3.60. The van der Waals surface area contributed by atoms with Gasteiger partial charge in [0.25, 0.3) is 0 Å². The number of para-hydroxylation sites is 1. The van der Waals surface area contributed by atoms with Crippen molar-refractivity contribution >= 4 is 51.1 Å². The van der Waals surface area contributed by atoms with Crippen LogP contribution in [0.15, 0.2) is 60.7 Å². The zero-order chi connectivity index (χ0) is 29.3. The Morgan fingerprint density at radius 2 is 1.76 bits per heavy atom. The molecular formula is C31H37BrN4O5S. The largest absolute Gasteiger partial charge is 0.394 e. The predicted octanol–water partition coefficient (Wildman–Crippen LogP) is 2.14. The molecule has 9 nitrogen and oxygen atoms in total. The Labute approximate surface area is 258 Å². The fourth-order valence-electron chi connectivity index (χ4n) is 7.20. The van der Waals surface area contributed by atoms with Crippen LogP contribution in [0.2, 0.25) is 0 Å². The molecule has 4 aliphatic rings. The molecule has 4 fully saturated rings. The number of carbonyl (C=O) groups is 3. The maximum Gasteiger partial charge on any atom is 0.244 e. The minimum Gasteiger partial charge on any atom is -0.394 e. The third-order valence-electron chi connectivity index (χ3n) is 9.07. The molecule has 4 saturated heterocycles. The molecule has 1 spiro atoms. The second kappa shape index (κ2) is 12.7. The van der Waals surface area contributed by atoms with Crippen molar-refractivity contribution in [1.29, 1.82) is 0 Å². The van der Waals surface area contributed by atoms with Gasteiger partial charge in [-0.1, -0.05) is 64.5 Å². The molecule has 224 valence electrons. The van der Waals surface area contributed by atoms with Crippen LogP contribution in [0, 0.1) is 11.8 Å². The number of aliphatic hydroxyl groups excluding tert-OH is 1. The quantitative estimate of drug-likeness (QED) is 0.336. The standard InChI is InChI=1S/C31H37BrN4O5S/c32-23-18-31-25(24(26(23)42-31)28(38)34-21-9-5-2-6-10-21)30(40)36(22(19-37)17-20-7-3-1-4-8-20)27(31)29(39)33-11-12-35-13-15-41-16-14-35/h1-10,22-27,37H,11-19H2,(H,33,39)(H,34,38)/t22-,23?,24+,25+,26+,27?,31?/m1/s1. The smallest absolute Gasteiger partial charge is 0.244 e. The first kappa shape index (κ1) is 29.6. The predicted molar refractivity (Wildman–Crippen MR) is 165 cm³/mol. The van der Waals surface area contributed by atoms with Crippen molar-refractivity contribution < 1.29 is 24.2 Å². The lowest BCUT2D eigenvalue weighted by molar-refractivity contribution is -0.142. The summed E-state index contributed by atoms with van der Waals surface area (Å²) in [6.07, 6.45) is 1.01. The van der Waals surface area contributed by atoms with Gasteiger partial charge in [0.1, 0.15) is 6.04 Å². The number of nitrogens with zero attached hydrogens (tertiary/aromatic N) is 2. The lowest BCUT2D eigenvalue weighted by Crippen LogP contribution is -2.58. The summed E-state index contributed by atoms with van der Waals surface area (Å²) in [6, 6.07) is 17.6. The lowest BCUT2D eigenvalue weighted by atomic mass is 9.70. The highest BCUT2D eigenvalue weighted by Crippen LogP contribution is 2.68. The van der Waals surface area contributed by atoms with Crippen molar-refractivity contribution in [2.45, 2.75) is 39.7 Å². The SMILES string of the molecule is O=C(NCCN1CCOCC1)C1N([C@@H](CO)Cc2ccccc2)C(=O)[C@@H]2[C@H](C(=O)Nc3ccccc3)[C@H]3SC12CC3Br. The summed E-state index contributed by atoms with van der Waals surface area (Å²) in [6.45, 7) is 3.86. The van der Waals surface area contributed by atoms with Crippen molar-refractivity contribution in [2.24, 2.45) is 11.8 Å². The number of morpholine rings is 1. The molecule has 0 radical (unpaired) electrons. The Hall–Kier alpha value is -2.44. The van der Waals surface area contributed by atoms with Gasteiger partial charge in [-0.05, 0) is 30.5 Å². The minimum atomic E-state index is -0.801. The van der Waals surface area contributed by atoms with Gasteiger partial charge in [0.15, 0.2) is 0 Å². The molecule has 2 bridgehead atoms. The van der Waals surface area contributed by atoms with E-state index in [1.54, 1.807) is 16.7 Å². The number of aliphatic hydroxyl groups is 1. The number of fused-ring (bicyclic) bond motifs is 1. The van der Waals surface area contributed by atoms with Crippen LogP contribution >= 0.6 is 27.7 Å². The number of halogens is 1. The molecule has 0 aromatic heterocycles. The maximum atomic E-state index is 14.5. The summed E-state index contributed by atoms with van der Waals surface area (Å²) in [5, 5.41) is 16.6. The number of anilines is 1. The van der Waals surface area contributed by atoms with Crippen molar-refractivity contribution in [3.63, 3.8) is 0 Å². The van der Waals surface area contributed by atoms with E-state index >= 15 is 0 Å². The zero-order valence-electron chi connectivity index (χ0n) is 23.4. The van der Waals surface area contributed by atoms with Crippen molar-refractivity contribution in [2.75, 3.05) is 51.3 Å². The van der Waals surface area contributed by atoms with E-state index in [4.69, 9.17) is 4.74 Å². The fourth-order valence-corrected chi connectivity index (χ4v) is 10.8. The van der Waals surface area contributed by atoms with Crippen molar-refractivity contribution in [3.8, 4) is 0 Å². The van der Waals surface area contributed by atoms with Crippen LogP contribution < -0.4 is 10.6 Å². The van der Waals surface area contributed by atoms with E-state index < -0.39 is 28.7 Å². The molecule has 7 atom stereocenters. The maximum absolute atomic E-state index is 14.5. The number of hydrogen-bond acceptors (Lipinski definition) is 7. The highest BCUT2D eigenvalue weighted by atomic mass is 79.9. The summed E-state index contributed by atoms with van der Waals surface area (Å²) in [7, 11) is 0. The van der Waals surface area contributed by atoms with E-state index in [2.05, 4.69) is 31.5 Å². The second-order valence-electron chi connectivity index (χ2n) is 11.5. The third kappa shape index (κ3) is 5.50. The summed E-state index contributed by atoms with van der Waals surface area (Å²) in [5.41, 5.74) is 1.64. The first-order valence-corrected chi connectivity index (χ1v) is 16.4. The van der Waals surface area contributed by atoms with E-state index in [1.807, 2.05) is 60.7 Å². The van der Waals surface area contributed by atoms with Gasteiger partial charge in [-0.3, -0.25) is 19.3 Å². The molecular weight excluding hydrogens is 620 g/mol. The molecule has 2 aromatic rings. The zero-order valence-corrected chi connectivity index (χ0v) is 25.8. The molecule has 0 aliphatic carbocycles. The summed E-state index contributed by atoms with van der Waals surface area (Å²) >= 11 is 5.42. The van der Waals surface area contributed by atoms with Crippen LogP contribution in [-0.2, 0) is 25.5 Å². The molecule has 4 aliphatic heterocycles. The molecule has 3 amide bonds. The summed E-state index contributed by atoms with van der Waals surface area (Å²) in [4.78, 5) is 46.3. The Kier molecular flexibility index (Phi) is 8.93. The molecule has 42 heavy (non-hydrogen) atoms. The van der Waals surface area contributed by atoms with Gasteiger partial charge >= 0.3 is 0 Å². The van der Waals surface area contributed by atoms with E-state index in [1.165, 1.54) is 0 Å². The number of rotatable bonds is 10. The second-order valence-corrected chi connectivity index (χ2v) is 14.3. The topological polar surface area (TPSA) is 111 Å². The van der Waals surface area contributed by atoms with Crippen LogP contribution in [0.5, 0.6) is 0 Å². The van der Waals surface area contributed by atoms with Gasteiger partial charge < -0.3 is 25.4 Å². The van der Waals surface area contributed by atoms with Crippen molar-refractivity contribution in [1.82, 2.24) is 15.1 Å². The van der Waals surface area contributed by atoms with E-state index in [9.17, 15) is 19.5 Å². The van der Waals surface area contributed by atoms with E-state index in [0.717, 1.165) is 18.7 Å². The van der Waals surface area contributed by atoms with Crippen molar-refractivity contribution in [3.05, 3.63) is 66.2 Å². The molecule has 3 N–H and O–H groups in total. The Morgan fingerprint density at radius 3 is 2.45 bits per heavy atom. The first-order chi connectivity index (χ1) is 20.4. The monoisotopic (exact) mass is 656 g/mol. The van der Waals surface area contributed by atoms with Gasteiger partial charge in [-0.2, -0.15) is 0 Å². The molecule has 0 saturated carbocycles. The number of hydrogen-bond donors (Lipinski definition) is 3. The fraction of sp³-hybridized carbons (Fsp3) is 0.516. The summed E-state index contributed by atoms with van der Waals surface area (Å²) in [5.74, 6) is -1.92. The van der Waals surface area contributed by atoms with Crippen LogP contribution in [0.4, 0.5) is 5.69 Å². The third-order valence-corrected chi connectivity index (χ3v) is 12.3. The van der Waals surface area contributed by atoms with E-state index in [0.29, 0.717) is 44.8 Å². The number of carbonyl (C=O) groups excluding carboxylic acids is 3. The molecule has 3 unspecified atom stereocenters. The number of ether oxygens (including phenoxy) is 1. The van der Waals surface area contributed by atoms with Crippen LogP contribution in [0.3, 0.4) is 0 Å². The number of thioether (sulfide) groups is 1.